The summed E-state index contributed by atoms with van der Waals surface area (Å²) in [4.78, 5) is 11.7. The largest absolute Gasteiger partial charge is 0.324 e. The number of nitrogens with one attached hydrogen (secondary N) is 2. The number of rotatable bonds is 5. The van der Waals surface area contributed by atoms with E-state index in [1.807, 2.05) is 0 Å². The molecule has 0 saturated carbocycles. The number of fused-ring (bicyclic) bond motifs is 1. The lowest BCUT2D eigenvalue weighted by Gasteiger charge is -2.10. The van der Waals surface area contributed by atoms with Crippen LogP contribution in [0.2, 0.25) is 0 Å². The van der Waals surface area contributed by atoms with Gasteiger partial charge in [-0.3, -0.25) is 4.79 Å². The average molecular weight is 236 g/mol. The molecule has 1 aromatic rings. The molecule has 0 spiro atoms. The van der Waals surface area contributed by atoms with Crippen molar-refractivity contribution < 1.29 is 9.18 Å². The van der Waals surface area contributed by atoms with Crippen molar-refractivity contribution in [1.82, 2.24) is 5.32 Å². The predicted octanol–water partition coefficient (Wildman–Crippen LogP) is 2.60. The molecule has 0 bridgehead atoms. The normalized spacial score (nSPS) is 18.0. The molecule has 4 heteroatoms. The summed E-state index contributed by atoms with van der Waals surface area (Å²) in [5.41, 5.74) is 1.43. The van der Waals surface area contributed by atoms with Crippen molar-refractivity contribution in [3.8, 4) is 0 Å². The summed E-state index contributed by atoms with van der Waals surface area (Å²) in [6, 6.07) is 4.09. The zero-order valence-corrected chi connectivity index (χ0v) is 9.92. The SMILES string of the molecule is CCCCCNC1C(=O)Nc2cc(F)ccc21. The number of carbonyl (C=O) groups excluding carboxylic acids is 1. The number of hydrogen-bond donors (Lipinski definition) is 2. The highest BCUT2D eigenvalue weighted by molar-refractivity contribution is 6.02. The lowest BCUT2D eigenvalue weighted by Crippen LogP contribution is -2.28. The summed E-state index contributed by atoms with van der Waals surface area (Å²) in [7, 11) is 0. The maximum atomic E-state index is 13.0. The molecule has 92 valence electrons. The van der Waals surface area contributed by atoms with Gasteiger partial charge in [0.1, 0.15) is 11.9 Å². The Morgan fingerprint density at radius 1 is 1.41 bits per heavy atom. The molecule has 1 atom stereocenters. The van der Waals surface area contributed by atoms with Crippen LogP contribution in [-0.4, -0.2) is 12.5 Å². The molecular weight excluding hydrogens is 219 g/mol. The molecule has 1 aromatic carbocycles. The third kappa shape index (κ3) is 2.64. The Labute approximate surface area is 100 Å². The zero-order chi connectivity index (χ0) is 12.3. The molecule has 1 aliphatic rings. The standard InChI is InChI=1S/C13H17FN2O/c1-2-3-4-7-15-12-10-6-5-9(14)8-11(10)16-13(12)17/h5-6,8,12,15H,2-4,7H2,1H3,(H,16,17). The highest BCUT2D eigenvalue weighted by atomic mass is 19.1. The van der Waals surface area contributed by atoms with Crippen molar-refractivity contribution in [2.75, 3.05) is 11.9 Å². The Hall–Kier alpha value is -1.42. The Morgan fingerprint density at radius 3 is 3.00 bits per heavy atom. The van der Waals surface area contributed by atoms with Gasteiger partial charge >= 0.3 is 0 Å². The van der Waals surface area contributed by atoms with Crippen LogP contribution in [0.4, 0.5) is 10.1 Å². The monoisotopic (exact) mass is 236 g/mol. The van der Waals surface area contributed by atoms with Crippen LogP contribution in [0.15, 0.2) is 18.2 Å². The van der Waals surface area contributed by atoms with E-state index in [1.54, 1.807) is 6.07 Å². The molecule has 1 aliphatic heterocycles. The molecule has 0 radical (unpaired) electrons. The van der Waals surface area contributed by atoms with E-state index in [0.717, 1.165) is 31.4 Å². The maximum Gasteiger partial charge on any atom is 0.246 e. The van der Waals surface area contributed by atoms with Gasteiger partial charge in [0.15, 0.2) is 0 Å². The molecular formula is C13H17FN2O. The zero-order valence-electron chi connectivity index (χ0n) is 9.92. The Kier molecular flexibility index (Phi) is 3.74. The molecule has 2 rings (SSSR count). The van der Waals surface area contributed by atoms with Crippen molar-refractivity contribution in [2.24, 2.45) is 0 Å². The molecule has 17 heavy (non-hydrogen) atoms. The molecule has 0 saturated heterocycles. The van der Waals surface area contributed by atoms with Crippen LogP contribution in [-0.2, 0) is 4.79 Å². The van der Waals surface area contributed by atoms with Gasteiger partial charge in [-0.25, -0.2) is 4.39 Å². The van der Waals surface area contributed by atoms with E-state index < -0.39 is 0 Å². The van der Waals surface area contributed by atoms with Crippen LogP contribution in [0.3, 0.4) is 0 Å². The van der Waals surface area contributed by atoms with E-state index in [2.05, 4.69) is 17.6 Å². The number of amides is 1. The van der Waals surface area contributed by atoms with Gasteiger partial charge in [0.25, 0.3) is 0 Å². The third-order valence-corrected chi connectivity index (χ3v) is 2.98. The van der Waals surface area contributed by atoms with Crippen LogP contribution in [0.5, 0.6) is 0 Å². The molecule has 2 N–H and O–H groups in total. The van der Waals surface area contributed by atoms with Crippen LogP contribution >= 0.6 is 0 Å². The van der Waals surface area contributed by atoms with Gasteiger partial charge in [-0.05, 0) is 25.1 Å². The fourth-order valence-electron chi connectivity index (χ4n) is 2.06. The van der Waals surface area contributed by atoms with Gasteiger partial charge in [0.05, 0.1) is 0 Å². The first-order valence-electron chi connectivity index (χ1n) is 6.06. The fourth-order valence-corrected chi connectivity index (χ4v) is 2.06. The topological polar surface area (TPSA) is 41.1 Å². The highest BCUT2D eigenvalue weighted by Gasteiger charge is 2.29. The van der Waals surface area contributed by atoms with Gasteiger partial charge in [0, 0.05) is 11.3 Å². The van der Waals surface area contributed by atoms with Gasteiger partial charge in [-0.1, -0.05) is 25.8 Å². The minimum atomic E-state index is -0.331. The second kappa shape index (κ2) is 5.27. The predicted molar refractivity (Wildman–Crippen MR) is 65.3 cm³/mol. The molecule has 3 nitrogen and oxygen atoms in total. The molecule has 0 aromatic heterocycles. The molecule has 1 amide bonds. The minimum absolute atomic E-state index is 0.0953. The highest BCUT2D eigenvalue weighted by Crippen LogP contribution is 2.31. The van der Waals surface area contributed by atoms with Crippen LogP contribution in [0.1, 0.15) is 37.8 Å². The second-order valence-corrected chi connectivity index (χ2v) is 4.32. The molecule has 0 fully saturated rings. The van der Waals surface area contributed by atoms with E-state index in [1.165, 1.54) is 12.1 Å². The van der Waals surface area contributed by atoms with Crippen LogP contribution < -0.4 is 10.6 Å². The van der Waals surface area contributed by atoms with Crippen LogP contribution in [0, 0.1) is 5.82 Å². The summed E-state index contributed by atoms with van der Waals surface area (Å²) in [5, 5.41) is 5.90. The van der Waals surface area contributed by atoms with E-state index in [0.29, 0.717) is 5.69 Å². The first kappa shape index (κ1) is 12.0. The minimum Gasteiger partial charge on any atom is -0.324 e. The number of hydrogen-bond acceptors (Lipinski definition) is 2. The summed E-state index contributed by atoms with van der Waals surface area (Å²) in [6.45, 7) is 2.95. The maximum absolute atomic E-state index is 13.0. The Bertz CT molecular complexity index is 420. The van der Waals surface area contributed by atoms with Crippen molar-refractivity contribution >= 4 is 11.6 Å². The number of carbonyl (C=O) groups is 1. The summed E-state index contributed by atoms with van der Waals surface area (Å²) < 4.78 is 13.0. The number of halogens is 1. The smallest absolute Gasteiger partial charge is 0.246 e. The summed E-state index contributed by atoms with van der Waals surface area (Å²) in [5.74, 6) is -0.419. The average Bonchev–Trinajstić information content (AvgIpc) is 2.60. The molecule has 1 heterocycles. The Balaban J connectivity index is 2.02. The van der Waals surface area contributed by atoms with Crippen LogP contribution in [0.25, 0.3) is 0 Å². The first-order valence-corrected chi connectivity index (χ1v) is 6.06. The lowest BCUT2D eigenvalue weighted by atomic mass is 10.1. The van der Waals surface area contributed by atoms with Crippen molar-refractivity contribution in [3.05, 3.63) is 29.6 Å². The summed E-state index contributed by atoms with van der Waals surface area (Å²) >= 11 is 0. The number of unbranched alkanes of at least 4 members (excludes halogenated alkanes) is 2. The van der Waals surface area contributed by atoms with E-state index in [9.17, 15) is 9.18 Å². The fraction of sp³-hybridized carbons (Fsp3) is 0.462. The van der Waals surface area contributed by atoms with Gasteiger partial charge < -0.3 is 10.6 Å². The summed E-state index contributed by atoms with van der Waals surface area (Å²) in [6.07, 6.45) is 3.36. The molecule has 0 aliphatic carbocycles. The van der Waals surface area contributed by atoms with Crippen molar-refractivity contribution in [3.63, 3.8) is 0 Å². The lowest BCUT2D eigenvalue weighted by molar-refractivity contribution is -0.117. The first-order chi connectivity index (χ1) is 8.22. The van der Waals surface area contributed by atoms with Gasteiger partial charge in [-0.15, -0.1) is 0 Å². The van der Waals surface area contributed by atoms with E-state index >= 15 is 0 Å². The molecule has 1 unspecified atom stereocenters. The van der Waals surface area contributed by atoms with Crippen molar-refractivity contribution in [2.45, 2.75) is 32.2 Å². The van der Waals surface area contributed by atoms with E-state index in [4.69, 9.17) is 0 Å². The van der Waals surface area contributed by atoms with Crippen molar-refractivity contribution in [1.29, 1.82) is 0 Å². The van der Waals surface area contributed by atoms with Gasteiger partial charge in [0.2, 0.25) is 5.91 Å². The van der Waals surface area contributed by atoms with Gasteiger partial charge in [-0.2, -0.15) is 0 Å². The second-order valence-electron chi connectivity index (χ2n) is 4.32. The quantitative estimate of drug-likeness (QED) is 0.771. The number of benzene rings is 1. The van der Waals surface area contributed by atoms with E-state index in [-0.39, 0.29) is 17.8 Å². The Morgan fingerprint density at radius 2 is 2.24 bits per heavy atom. The third-order valence-electron chi connectivity index (χ3n) is 2.98. The number of anilines is 1.